The molecule has 0 amide bonds. The van der Waals surface area contributed by atoms with E-state index >= 15 is 0 Å². The number of sulfonamides is 1. The quantitative estimate of drug-likeness (QED) is 0.872. The number of carboxylic acid groups (broad SMARTS) is 1. The number of carboxylic acids is 1. The number of aliphatic carboxylic acids is 1. The van der Waals surface area contributed by atoms with E-state index in [1.54, 1.807) is 25.1 Å². The van der Waals surface area contributed by atoms with E-state index in [1.165, 1.54) is 11.2 Å². The van der Waals surface area contributed by atoms with Crippen LogP contribution in [-0.4, -0.2) is 36.9 Å². The third-order valence-electron chi connectivity index (χ3n) is 3.37. The molecular formula is C14H21NO4S. The SMILES string of the molecule is CCN(CC(C)C(=O)O)S(=O)(=O)c1ccc(C)c(C)c1. The van der Waals surface area contributed by atoms with E-state index in [9.17, 15) is 13.2 Å². The van der Waals surface area contributed by atoms with Crippen molar-refractivity contribution in [1.29, 1.82) is 0 Å². The summed E-state index contributed by atoms with van der Waals surface area (Å²) in [6, 6.07) is 4.95. The second-order valence-electron chi connectivity index (χ2n) is 4.94. The van der Waals surface area contributed by atoms with E-state index in [-0.39, 0.29) is 18.0 Å². The number of rotatable bonds is 6. The fourth-order valence-electron chi connectivity index (χ4n) is 1.80. The number of hydrogen-bond acceptors (Lipinski definition) is 3. The summed E-state index contributed by atoms with van der Waals surface area (Å²) in [5.74, 6) is -1.74. The molecule has 0 saturated heterocycles. The summed E-state index contributed by atoms with van der Waals surface area (Å²) in [4.78, 5) is 11.1. The lowest BCUT2D eigenvalue weighted by Crippen LogP contribution is -2.36. The highest BCUT2D eigenvalue weighted by atomic mass is 32.2. The molecule has 20 heavy (non-hydrogen) atoms. The van der Waals surface area contributed by atoms with Crippen LogP contribution in [0.3, 0.4) is 0 Å². The molecule has 0 heterocycles. The molecule has 0 aliphatic heterocycles. The van der Waals surface area contributed by atoms with Gasteiger partial charge in [-0.05, 0) is 37.1 Å². The largest absolute Gasteiger partial charge is 0.481 e. The fourth-order valence-corrected chi connectivity index (χ4v) is 3.43. The Morgan fingerprint density at radius 3 is 2.35 bits per heavy atom. The van der Waals surface area contributed by atoms with Crippen molar-refractivity contribution >= 4 is 16.0 Å². The lowest BCUT2D eigenvalue weighted by atomic mass is 10.1. The van der Waals surface area contributed by atoms with Crippen molar-refractivity contribution in [2.45, 2.75) is 32.6 Å². The maximum atomic E-state index is 12.5. The topological polar surface area (TPSA) is 74.7 Å². The number of hydrogen-bond donors (Lipinski definition) is 1. The van der Waals surface area contributed by atoms with Gasteiger partial charge in [-0.25, -0.2) is 8.42 Å². The average Bonchev–Trinajstić information content (AvgIpc) is 2.38. The third-order valence-corrected chi connectivity index (χ3v) is 5.30. The second-order valence-corrected chi connectivity index (χ2v) is 6.88. The van der Waals surface area contributed by atoms with Crippen molar-refractivity contribution in [2.75, 3.05) is 13.1 Å². The number of aryl methyl sites for hydroxylation is 2. The summed E-state index contributed by atoms with van der Waals surface area (Å²) in [6.45, 7) is 7.18. The zero-order valence-corrected chi connectivity index (χ0v) is 13.1. The van der Waals surface area contributed by atoms with Gasteiger partial charge in [0.1, 0.15) is 0 Å². The van der Waals surface area contributed by atoms with Gasteiger partial charge in [-0.15, -0.1) is 0 Å². The molecule has 0 aliphatic carbocycles. The molecule has 0 aliphatic rings. The van der Waals surface area contributed by atoms with Crippen LogP contribution >= 0.6 is 0 Å². The fraction of sp³-hybridized carbons (Fsp3) is 0.500. The molecule has 0 saturated carbocycles. The van der Waals surface area contributed by atoms with E-state index in [0.717, 1.165) is 11.1 Å². The first kappa shape index (κ1) is 16.7. The first-order chi connectivity index (χ1) is 9.20. The maximum Gasteiger partial charge on any atom is 0.307 e. The summed E-state index contributed by atoms with van der Waals surface area (Å²) in [7, 11) is -3.65. The van der Waals surface area contributed by atoms with Crippen LogP contribution in [0.1, 0.15) is 25.0 Å². The summed E-state index contributed by atoms with van der Waals surface area (Å²) >= 11 is 0. The predicted molar refractivity (Wildman–Crippen MR) is 77.1 cm³/mol. The van der Waals surface area contributed by atoms with Crippen LogP contribution in [-0.2, 0) is 14.8 Å². The Morgan fingerprint density at radius 1 is 1.30 bits per heavy atom. The lowest BCUT2D eigenvalue weighted by molar-refractivity contribution is -0.141. The van der Waals surface area contributed by atoms with Gasteiger partial charge in [0.05, 0.1) is 10.8 Å². The molecule has 1 rings (SSSR count). The van der Waals surface area contributed by atoms with Crippen molar-refractivity contribution in [2.24, 2.45) is 5.92 Å². The van der Waals surface area contributed by atoms with Crippen LogP contribution in [0.4, 0.5) is 0 Å². The van der Waals surface area contributed by atoms with Crippen LogP contribution in [0, 0.1) is 19.8 Å². The Kier molecular flexibility index (Phi) is 5.30. The van der Waals surface area contributed by atoms with Crippen LogP contribution in [0.15, 0.2) is 23.1 Å². The van der Waals surface area contributed by atoms with Crippen molar-refractivity contribution < 1.29 is 18.3 Å². The summed E-state index contributed by atoms with van der Waals surface area (Å²) < 4.78 is 26.2. The highest BCUT2D eigenvalue weighted by Crippen LogP contribution is 2.20. The molecule has 0 radical (unpaired) electrons. The molecule has 1 aromatic rings. The van der Waals surface area contributed by atoms with Crippen LogP contribution in [0.25, 0.3) is 0 Å². The molecular weight excluding hydrogens is 278 g/mol. The highest BCUT2D eigenvalue weighted by molar-refractivity contribution is 7.89. The first-order valence-corrected chi connectivity index (χ1v) is 7.94. The van der Waals surface area contributed by atoms with Crippen LogP contribution in [0.2, 0.25) is 0 Å². The standard InChI is InChI=1S/C14H21NO4S/c1-5-15(9-12(4)14(16)17)20(18,19)13-7-6-10(2)11(3)8-13/h6-8,12H,5,9H2,1-4H3,(H,16,17). The highest BCUT2D eigenvalue weighted by Gasteiger charge is 2.26. The van der Waals surface area contributed by atoms with Gasteiger partial charge in [-0.1, -0.05) is 19.9 Å². The number of benzene rings is 1. The zero-order valence-electron chi connectivity index (χ0n) is 12.3. The monoisotopic (exact) mass is 299 g/mol. The molecule has 0 fully saturated rings. The molecule has 112 valence electrons. The van der Waals surface area contributed by atoms with E-state index in [4.69, 9.17) is 5.11 Å². The molecule has 5 nitrogen and oxygen atoms in total. The Morgan fingerprint density at radius 2 is 1.90 bits per heavy atom. The maximum absolute atomic E-state index is 12.5. The van der Waals surface area contributed by atoms with Crippen molar-refractivity contribution in [1.82, 2.24) is 4.31 Å². The Labute approximate surface area is 120 Å². The lowest BCUT2D eigenvalue weighted by Gasteiger charge is -2.22. The van der Waals surface area contributed by atoms with Gasteiger partial charge >= 0.3 is 5.97 Å². The smallest absolute Gasteiger partial charge is 0.307 e. The van der Waals surface area contributed by atoms with Gasteiger partial charge < -0.3 is 5.11 Å². The van der Waals surface area contributed by atoms with Gasteiger partial charge in [0.2, 0.25) is 10.0 Å². The Balaban J connectivity index is 3.11. The zero-order chi connectivity index (χ0) is 15.5. The summed E-state index contributed by atoms with van der Waals surface area (Å²) in [5.41, 5.74) is 1.92. The van der Waals surface area contributed by atoms with Gasteiger partial charge in [0.25, 0.3) is 0 Å². The molecule has 6 heteroatoms. The minimum Gasteiger partial charge on any atom is -0.481 e. The Bertz CT molecular complexity index is 595. The minimum atomic E-state index is -3.65. The second kappa shape index (κ2) is 6.37. The van der Waals surface area contributed by atoms with Crippen LogP contribution in [0.5, 0.6) is 0 Å². The molecule has 0 spiro atoms. The van der Waals surface area contributed by atoms with Gasteiger partial charge in [-0.2, -0.15) is 4.31 Å². The van der Waals surface area contributed by atoms with Crippen molar-refractivity contribution in [3.05, 3.63) is 29.3 Å². The molecule has 1 unspecified atom stereocenters. The van der Waals surface area contributed by atoms with E-state index < -0.39 is 21.9 Å². The van der Waals surface area contributed by atoms with Crippen molar-refractivity contribution in [3.8, 4) is 0 Å². The Hall–Kier alpha value is -1.40. The molecule has 1 atom stereocenters. The molecule has 1 aromatic carbocycles. The summed E-state index contributed by atoms with van der Waals surface area (Å²) in [5, 5.41) is 8.92. The first-order valence-electron chi connectivity index (χ1n) is 6.50. The van der Waals surface area contributed by atoms with Gasteiger partial charge in [0, 0.05) is 13.1 Å². The van der Waals surface area contributed by atoms with E-state index in [1.807, 2.05) is 13.8 Å². The molecule has 0 bridgehead atoms. The van der Waals surface area contributed by atoms with Gasteiger partial charge in [0.15, 0.2) is 0 Å². The number of nitrogens with zero attached hydrogens (tertiary/aromatic N) is 1. The molecule has 0 aromatic heterocycles. The summed E-state index contributed by atoms with van der Waals surface area (Å²) in [6.07, 6.45) is 0. The third kappa shape index (κ3) is 3.58. The van der Waals surface area contributed by atoms with Crippen molar-refractivity contribution in [3.63, 3.8) is 0 Å². The van der Waals surface area contributed by atoms with Gasteiger partial charge in [-0.3, -0.25) is 4.79 Å². The molecule has 1 N–H and O–H groups in total. The van der Waals surface area contributed by atoms with Crippen LogP contribution < -0.4 is 0 Å². The normalized spacial score (nSPS) is 13.4. The van der Waals surface area contributed by atoms with E-state index in [2.05, 4.69) is 0 Å². The minimum absolute atomic E-state index is 0.0267. The predicted octanol–water partition coefficient (Wildman–Crippen LogP) is 2.03. The average molecular weight is 299 g/mol. The number of carbonyl (C=O) groups is 1. The van der Waals surface area contributed by atoms with E-state index in [0.29, 0.717) is 0 Å².